The highest BCUT2D eigenvalue weighted by atomic mass is 79.9. The summed E-state index contributed by atoms with van der Waals surface area (Å²) in [7, 11) is 4.94. The van der Waals surface area contributed by atoms with Crippen molar-refractivity contribution in [2.24, 2.45) is 14.1 Å². The molecular weight excluding hydrogens is 664 g/mol. The molecule has 5 aromatic rings. The average Bonchev–Trinajstić information content (AvgIpc) is 2.91. The number of aliphatic carboxylic acids is 1. The van der Waals surface area contributed by atoms with Crippen molar-refractivity contribution in [2.45, 2.75) is 13.5 Å². The Morgan fingerprint density at radius 2 is 1.37 bits per heavy atom. The number of phenolic OH excluding ortho intramolecular Hbond substituents is 1. The number of aryl methyl sites for hydroxylation is 2. The number of carboxylic acid groups (broad SMARTS) is 1. The van der Waals surface area contributed by atoms with Crippen LogP contribution in [-0.2, 0) is 25.5 Å². The van der Waals surface area contributed by atoms with E-state index in [2.05, 4.69) is 41.8 Å². The van der Waals surface area contributed by atoms with Crippen LogP contribution in [0.15, 0.2) is 79.5 Å². The molecule has 13 heteroatoms. The zero-order chi connectivity index (χ0) is 30.3. The molecule has 2 N–H and O–H groups in total. The van der Waals surface area contributed by atoms with Crippen LogP contribution in [-0.4, -0.2) is 42.4 Å². The predicted octanol–water partition coefficient (Wildman–Crippen LogP) is 4.78. The molecular formula is C28H26Br2N4O7. The van der Waals surface area contributed by atoms with Crippen LogP contribution in [0.3, 0.4) is 0 Å². The van der Waals surface area contributed by atoms with Gasteiger partial charge in [0.2, 0.25) is 0 Å². The maximum atomic E-state index is 11.8. The number of ether oxygens (including phenoxy) is 2. The first-order chi connectivity index (χ1) is 19.4. The molecule has 0 spiro atoms. The molecule has 0 bridgehead atoms. The van der Waals surface area contributed by atoms with Crippen molar-refractivity contribution in [1.82, 2.24) is 19.1 Å². The number of aromatic nitrogens is 4. The van der Waals surface area contributed by atoms with Gasteiger partial charge in [-0.05, 0) is 42.0 Å². The zero-order valence-corrected chi connectivity index (χ0v) is 25.6. The molecule has 0 radical (unpaired) electrons. The lowest BCUT2D eigenvalue weighted by molar-refractivity contribution is -0.134. The highest BCUT2D eigenvalue weighted by Gasteiger charge is 2.10. The molecule has 5 rings (SSSR count). The number of aromatic hydroxyl groups is 1. The Bertz CT molecular complexity index is 1820. The summed E-state index contributed by atoms with van der Waals surface area (Å²) in [6, 6.07) is 14.6. The second-order valence-electron chi connectivity index (χ2n) is 8.53. The van der Waals surface area contributed by atoms with Crippen molar-refractivity contribution in [1.29, 1.82) is 0 Å². The number of hydrogen-bond acceptors (Lipinski definition) is 8. The van der Waals surface area contributed by atoms with Gasteiger partial charge in [-0.25, -0.2) is 9.97 Å². The fourth-order valence-corrected chi connectivity index (χ4v) is 4.50. The number of carbonyl (C=O) groups is 1. The van der Waals surface area contributed by atoms with Gasteiger partial charge in [-0.15, -0.1) is 0 Å². The molecule has 0 aliphatic rings. The Hall–Kier alpha value is -4.23. The second kappa shape index (κ2) is 13.9. The monoisotopic (exact) mass is 688 g/mol. The number of nitrogens with zero attached hydrogens (tertiary/aromatic N) is 4. The van der Waals surface area contributed by atoms with E-state index in [4.69, 9.17) is 19.4 Å². The number of fused-ring (bicyclic) bond motifs is 2. The molecule has 0 unspecified atom stereocenters. The third kappa shape index (κ3) is 8.14. The average molecular weight is 690 g/mol. The molecule has 0 saturated heterocycles. The van der Waals surface area contributed by atoms with Gasteiger partial charge in [0.05, 0.1) is 30.5 Å². The zero-order valence-electron chi connectivity index (χ0n) is 22.5. The summed E-state index contributed by atoms with van der Waals surface area (Å²) < 4.78 is 15.5. The molecule has 0 aliphatic carbocycles. The summed E-state index contributed by atoms with van der Waals surface area (Å²) in [5.41, 5.74) is 3.00. The molecule has 0 aliphatic heterocycles. The van der Waals surface area contributed by atoms with Gasteiger partial charge in [-0.3, -0.25) is 14.4 Å². The smallest absolute Gasteiger partial charge is 0.300 e. The van der Waals surface area contributed by atoms with E-state index in [0.717, 1.165) is 27.2 Å². The van der Waals surface area contributed by atoms with Crippen molar-refractivity contribution in [3.63, 3.8) is 0 Å². The van der Waals surface area contributed by atoms with Gasteiger partial charge >= 0.3 is 0 Å². The van der Waals surface area contributed by atoms with Crippen molar-refractivity contribution in [2.75, 3.05) is 7.11 Å². The van der Waals surface area contributed by atoms with Crippen LogP contribution in [0.5, 0.6) is 17.2 Å². The SMILES string of the molecule is CC(=O)O.COc1ccc(COc2cc(Br)cc3ncc(=O)n(C)c23)cc1.Cn1c(=O)cnc2cc(Br)cc(O)c21. The summed E-state index contributed by atoms with van der Waals surface area (Å²) in [4.78, 5) is 40.2. The van der Waals surface area contributed by atoms with E-state index < -0.39 is 5.97 Å². The molecule has 0 atom stereocenters. The maximum Gasteiger partial charge on any atom is 0.300 e. The Kier molecular flexibility index (Phi) is 10.6. The first kappa shape index (κ1) is 31.3. The van der Waals surface area contributed by atoms with Crippen LogP contribution in [0.1, 0.15) is 12.5 Å². The molecule has 41 heavy (non-hydrogen) atoms. The predicted molar refractivity (Wildman–Crippen MR) is 162 cm³/mol. The Balaban J connectivity index is 0.000000218. The Morgan fingerprint density at radius 3 is 1.90 bits per heavy atom. The minimum absolute atomic E-state index is 0.0436. The summed E-state index contributed by atoms with van der Waals surface area (Å²) in [5, 5.41) is 17.0. The van der Waals surface area contributed by atoms with E-state index in [1.165, 1.54) is 27.6 Å². The Labute approximate surface area is 250 Å². The van der Waals surface area contributed by atoms with E-state index in [1.54, 1.807) is 27.3 Å². The largest absolute Gasteiger partial charge is 0.506 e. The van der Waals surface area contributed by atoms with Crippen molar-refractivity contribution in [3.05, 3.63) is 96.1 Å². The van der Waals surface area contributed by atoms with Gasteiger partial charge < -0.3 is 28.8 Å². The number of halogens is 2. The minimum atomic E-state index is -0.833. The maximum absolute atomic E-state index is 11.8. The summed E-state index contributed by atoms with van der Waals surface area (Å²) in [6.45, 7) is 1.47. The standard InChI is InChI=1S/C17H15BrN2O3.C9H7BrN2O2.C2H4O2/c1-20-16(21)9-19-14-7-12(18)8-15(17(14)20)23-10-11-3-5-13(22-2)6-4-11;1-12-8(14)4-11-6-2-5(10)3-7(13)9(6)12;1-2(3)4/h3-9H,10H2,1-2H3;2-4,13H,1H3;1H3,(H,3,4). The third-order valence-electron chi connectivity index (χ3n) is 5.57. The fraction of sp³-hybridized carbons (Fsp3) is 0.179. The number of carboxylic acids is 1. The van der Waals surface area contributed by atoms with E-state index >= 15 is 0 Å². The minimum Gasteiger partial charge on any atom is -0.506 e. The molecule has 3 aromatic carbocycles. The molecule has 0 amide bonds. The highest BCUT2D eigenvalue weighted by molar-refractivity contribution is 9.10. The van der Waals surface area contributed by atoms with Gasteiger partial charge in [-0.2, -0.15) is 0 Å². The third-order valence-corrected chi connectivity index (χ3v) is 6.48. The molecule has 2 aromatic heterocycles. The van der Waals surface area contributed by atoms with Crippen molar-refractivity contribution >= 4 is 59.9 Å². The highest BCUT2D eigenvalue weighted by Crippen LogP contribution is 2.29. The van der Waals surface area contributed by atoms with Gasteiger partial charge in [0, 0.05) is 30.0 Å². The number of hydrogen-bond donors (Lipinski definition) is 2. The number of methoxy groups -OCH3 is 1. The molecule has 11 nitrogen and oxygen atoms in total. The number of phenols is 1. The van der Waals surface area contributed by atoms with Crippen molar-refractivity contribution in [3.8, 4) is 17.2 Å². The second-order valence-corrected chi connectivity index (χ2v) is 10.4. The first-order valence-electron chi connectivity index (χ1n) is 11.9. The fourth-order valence-electron chi connectivity index (χ4n) is 3.64. The van der Waals surface area contributed by atoms with E-state index in [9.17, 15) is 14.7 Å². The molecule has 0 saturated carbocycles. The van der Waals surface area contributed by atoms with Gasteiger partial charge in [0.25, 0.3) is 17.1 Å². The summed E-state index contributed by atoms with van der Waals surface area (Å²) in [6.07, 6.45) is 2.54. The lowest BCUT2D eigenvalue weighted by atomic mass is 10.2. The van der Waals surface area contributed by atoms with Crippen LogP contribution < -0.4 is 20.6 Å². The number of rotatable bonds is 4. The van der Waals surface area contributed by atoms with Crippen molar-refractivity contribution < 1.29 is 24.5 Å². The molecule has 0 fully saturated rings. The summed E-state index contributed by atoms with van der Waals surface area (Å²) >= 11 is 6.69. The lowest BCUT2D eigenvalue weighted by Crippen LogP contribution is -2.17. The van der Waals surface area contributed by atoms with Crippen LogP contribution in [0, 0.1) is 0 Å². The van der Waals surface area contributed by atoms with Crippen LogP contribution in [0.2, 0.25) is 0 Å². The first-order valence-corrected chi connectivity index (χ1v) is 13.4. The van der Waals surface area contributed by atoms with E-state index in [-0.39, 0.29) is 16.9 Å². The topological polar surface area (TPSA) is 146 Å². The quantitative estimate of drug-likeness (QED) is 0.272. The molecule has 214 valence electrons. The van der Waals surface area contributed by atoms with Gasteiger partial charge in [0.15, 0.2) is 0 Å². The summed E-state index contributed by atoms with van der Waals surface area (Å²) in [5.74, 6) is 0.619. The number of benzene rings is 3. The van der Waals surface area contributed by atoms with Gasteiger partial charge in [-0.1, -0.05) is 44.0 Å². The van der Waals surface area contributed by atoms with Crippen LogP contribution >= 0.6 is 31.9 Å². The Morgan fingerprint density at radius 1 is 0.878 bits per heavy atom. The lowest BCUT2D eigenvalue weighted by Gasteiger charge is -2.12. The van der Waals surface area contributed by atoms with Gasteiger partial charge in [0.1, 0.15) is 34.9 Å². The molecule has 2 heterocycles. The van der Waals surface area contributed by atoms with Crippen LogP contribution in [0.4, 0.5) is 0 Å². The van der Waals surface area contributed by atoms with Crippen LogP contribution in [0.25, 0.3) is 22.1 Å². The van der Waals surface area contributed by atoms with E-state index in [0.29, 0.717) is 34.4 Å². The normalized spacial score (nSPS) is 10.3. The van der Waals surface area contributed by atoms with E-state index in [1.807, 2.05) is 36.4 Å².